The topological polar surface area (TPSA) is 175 Å². The Morgan fingerprint density at radius 1 is 1.26 bits per heavy atom. The third kappa shape index (κ3) is 5.67. The first-order valence-electron chi connectivity index (χ1n) is 4.46. The van der Waals surface area contributed by atoms with Gasteiger partial charge in [-0.1, -0.05) is 0 Å². The zero-order valence-electron chi connectivity index (χ0n) is 9.31. The fourth-order valence-electron chi connectivity index (χ4n) is 0.921. The molecule has 0 saturated heterocycles. The predicted octanol–water partition coefficient (Wildman–Crippen LogP) is -1.10. The first-order valence-corrected chi connectivity index (χ1v) is 5.87. The van der Waals surface area contributed by atoms with Crippen LogP contribution in [0.25, 0.3) is 0 Å². The zero-order chi connectivity index (χ0) is 13.6. The summed E-state index contributed by atoms with van der Waals surface area (Å²) >= 11 is 0. The largest absolute Gasteiger partial charge is 0.744 e. The molecule has 0 bridgehead atoms. The fourth-order valence-corrected chi connectivity index (χ4v) is 1.39. The maximum atomic E-state index is 10.4. The van der Waals surface area contributed by atoms with Crippen LogP contribution in [0.4, 0.5) is 5.69 Å². The molecule has 4 N–H and O–H groups in total. The average Bonchev–Trinajstić information content (AvgIpc) is 2.86. The Morgan fingerprint density at radius 2 is 1.84 bits per heavy atom. The van der Waals surface area contributed by atoms with Gasteiger partial charge >= 0.3 is 0 Å². The molecule has 1 aromatic carbocycles. The molecule has 0 fully saturated rings. The molecule has 1 heterocycles. The summed E-state index contributed by atoms with van der Waals surface area (Å²) in [6.45, 7) is 0. The van der Waals surface area contributed by atoms with Crippen LogP contribution in [-0.4, -0.2) is 33.6 Å². The van der Waals surface area contributed by atoms with Crippen molar-refractivity contribution >= 4 is 15.8 Å². The highest BCUT2D eigenvalue weighted by Gasteiger charge is 2.06. The van der Waals surface area contributed by atoms with Gasteiger partial charge < -0.3 is 10.0 Å². The summed E-state index contributed by atoms with van der Waals surface area (Å²) in [6.07, 6.45) is 3.21. The zero-order valence-corrected chi connectivity index (χ0v) is 10.1. The van der Waals surface area contributed by atoms with Gasteiger partial charge in [0.2, 0.25) is 6.33 Å². The van der Waals surface area contributed by atoms with Gasteiger partial charge in [-0.25, -0.2) is 8.42 Å². The van der Waals surface area contributed by atoms with E-state index in [-0.39, 0.29) is 11.2 Å². The molecule has 19 heavy (non-hydrogen) atoms. The summed E-state index contributed by atoms with van der Waals surface area (Å²) in [5, 5.41) is 16.2. The molecule has 2 rings (SSSR count). The summed E-state index contributed by atoms with van der Waals surface area (Å²) in [4.78, 5) is 11.7. The van der Waals surface area contributed by atoms with Crippen molar-refractivity contribution in [2.75, 3.05) is 0 Å². The Hall–Kier alpha value is -2.37. The highest BCUT2D eigenvalue weighted by atomic mass is 32.2. The quantitative estimate of drug-likeness (QED) is 0.417. The van der Waals surface area contributed by atoms with Crippen molar-refractivity contribution < 1.29 is 28.4 Å². The minimum Gasteiger partial charge on any atom is -0.744 e. The van der Waals surface area contributed by atoms with Gasteiger partial charge in [0.25, 0.3) is 12.0 Å². The summed E-state index contributed by atoms with van der Waals surface area (Å²) in [6, 6.07) is 3.73. The number of benzene rings is 1. The Labute approximate surface area is 107 Å². The number of hydrogen-bond donors (Lipinski definition) is 1. The van der Waals surface area contributed by atoms with Gasteiger partial charge in [-0.05, 0) is 12.1 Å². The molecule has 0 amide bonds. The second kappa shape index (κ2) is 7.15. The minimum absolute atomic E-state index is 0. The molecule has 0 aliphatic heterocycles. The first kappa shape index (κ1) is 16.6. The number of H-pyrrole nitrogens is 2. The number of aromatic nitrogens is 3. The molecule has 0 aliphatic carbocycles. The minimum atomic E-state index is -4.52. The Bertz CT molecular complexity index is 577. The van der Waals surface area contributed by atoms with Gasteiger partial charge in [0.1, 0.15) is 10.1 Å². The second-order valence-electron chi connectivity index (χ2n) is 2.90. The van der Waals surface area contributed by atoms with Crippen LogP contribution in [0.3, 0.4) is 0 Å². The van der Waals surface area contributed by atoms with Crippen LogP contribution in [0.2, 0.25) is 0 Å². The van der Waals surface area contributed by atoms with Crippen molar-refractivity contribution in [3.8, 4) is 0 Å². The molecule has 0 saturated carbocycles. The van der Waals surface area contributed by atoms with Crippen LogP contribution < -0.4 is 4.98 Å². The SMILES string of the molecule is O.O=[N+]([O-])c1ccc(S(=O)(=O)[O-])cc1.c1n[nH]c[nH+]1. The normalized spacial score (nSPS) is 9.74. The Morgan fingerprint density at radius 3 is 2.11 bits per heavy atom. The molecule has 0 aliphatic rings. The summed E-state index contributed by atoms with van der Waals surface area (Å²) in [5.74, 6) is 0. The van der Waals surface area contributed by atoms with Crippen LogP contribution in [0.1, 0.15) is 0 Å². The van der Waals surface area contributed by atoms with Crippen molar-refractivity contribution in [1.82, 2.24) is 10.2 Å². The molecule has 104 valence electrons. The van der Waals surface area contributed by atoms with E-state index in [0.717, 1.165) is 24.3 Å². The predicted molar refractivity (Wildman–Crippen MR) is 59.8 cm³/mol. The molecule has 0 radical (unpaired) electrons. The Kier molecular flexibility index (Phi) is 6.26. The molecular formula is C8H10N4O6S. The van der Waals surface area contributed by atoms with Crippen molar-refractivity contribution in [1.29, 1.82) is 0 Å². The molecule has 0 spiro atoms. The lowest BCUT2D eigenvalue weighted by Crippen LogP contribution is -1.98. The third-order valence-corrected chi connectivity index (χ3v) is 2.55. The van der Waals surface area contributed by atoms with Crippen LogP contribution in [0.15, 0.2) is 41.8 Å². The first-order chi connectivity index (χ1) is 8.41. The monoisotopic (exact) mass is 290 g/mol. The van der Waals surface area contributed by atoms with E-state index < -0.39 is 19.9 Å². The number of hydrogen-bond acceptors (Lipinski definition) is 6. The molecule has 0 unspecified atom stereocenters. The van der Waals surface area contributed by atoms with E-state index in [2.05, 4.69) is 15.2 Å². The van der Waals surface area contributed by atoms with Crippen molar-refractivity contribution in [3.63, 3.8) is 0 Å². The van der Waals surface area contributed by atoms with E-state index in [4.69, 9.17) is 0 Å². The van der Waals surface area contributed by atoms with Gasteiger partial charge in [-0.3, -0.25) is 15.1 Å². The number of nitro benzene ring substituents is 1. The smallest absolute Gasteiger partial charge is 0.269 e. The summed E-state index contributed by atoms with van der Waals surface area (Å²) in [7, 11) is -4.52. The van der Waals surface area contributed by atoms with Gasteiger partial charge in [0.15, 0.2) is 0 Å². The third-order valence-electron chi connectivity index (χ3n) is 1.70. The molecule has 11 heteroatoms. The van der Waals surface area contributed by atoms with Crippen molar-refractivity contribution in [2.45, 2.75) is 4.90 Å². The molecule has 0 atom stereocenters. The number of aromatic amines is 2. The molecule has 2 aromatic rings. The molecular weight excluding hydrogens is 280 g/mol. The maximum Gasteiger partial charge on any atom is 0.269 e. The van der Waals surface area contributed by atoms with E-state index in [9.17, 15) is 23.1 Å². The maximum absolute atomic E-state index is 10.4. The highest BCUT2D eigenvalue weighted by Crippen LogP contribution is 2.14. The lowest BCUT2D eigenvalue weighted by atomic mass is 10.3. The van der Waals surface area contributed by atoms with Crippen molar-refractivity contribution in [3.05, 3.63) is 47.0 Å². The van der Waals surface area contributed by atoms with Gasteiger partial charge in [-0.2, -0.15) is 0 Å². The molecule has 10 nitrogen and oxygen atoms in total. The fraction of sp³-hybridized carbons (Fsp3) is 0. The van der Waals surface area contributed by atoms with Gasteiger partial charge in [0.05, 0.1) is 9.82 Å². The number of rotatable bonds is 2. The van der Waals surface area contributed by atoms with Crippen molar-refractivity contribution in [2.24, 2.45) is 0 Å². The lowest BCUT2D eigenvalue weighted by molar-refractivity contribution is -0.384. The number of non-ortho nitro benzene ring substituents is 1. The molecule has 1 aromatic heterocycles. The summed E-state index contributed by atoms with van der Waals surface area (Å²) < 4.78 is 31.2. The van der Waals surface area contributed by atoms with Crippen LogP contribution in [-0.2, 0) is 10.1 Å². The number of nitrogens with zero attached hydrogens (tertiary/aromatic N) is 2. The van der Waals surface area contributed by atoms with Gasteiger partial charge in [0, 0.05) is 17.2 Å². The second-order valence-corrected chi connectivity index (χ2v) is 4.28. The Balaban J connectivity index is 0.000000454. The highest BCUT2D eigenvalue weighted by molar-refractivity contribution is 7.85. The van der Waals surface area contributed by atoms with E-state index in [0.29, 0.717) is 0 Å². The standard InChI is InChI=1S/C6H5NO5S.C2H3N3.H2O/c8-7(9)5-1-3-6(4-2-5)13(10,11)12;1-3-2-5-4-1;/h1-4H,(H,10,11,12);1-2H,(H,3,4,5);1H2. The number of nitrogens with one attached hydrogen (secondary N) is 2. The van der Waals surface area contributed by atoms with E-state index in [1.54, 1.807) is 12.7 Å². The number of nitro groups is 1. The van der Waals surface area contributed by atoms with Crippen LogP contribution in [0, 0.1) is 10.1 Å². The van der Waals surface area contributed by atoms with Gasteiger partial charge in [-0.15, -0.1) is 5.10 Å². The van der Waals surface area contributed by atoms with E-state index in [1.165, 1.54) is 0 Å². The average molecular weight is 290 g/mol. The lowest BCUT2D eigenvalue weighted by Gasteiger charge is -2.04. The van der Waals surface area contributed by atoms with E-state index in [1.807, 2.05) is 0 Å². The van der Waals surface area contributed by atoms with Crippen LogP contribution in [0.5, 0.6) is 0 Å². The van der Waals surface area contributed by atoms with E-state index >= 15 is 0 Å². The van der Waals surface area contributed by atoms with Crippen LogP contribution >= 0.6 is 0 Å². The summed E-state index contributed by atoms with van der Waals surface area (Å²) in [5.41, 5.74) is -0.257.